The van der Waals surface area contributed by atoms with Crippen molar-refractivity contribution in [3.8, 4) is 5.69 Å². The summed E-state index contributed by atoms with van der Waals surface area (Å²) in [4.78, 5) is 13.4. The van der Waals surface area contributed by atoms with E-state index in [1.165, 1.54) is 5.56 Å². The molecule has 0 saturated heterocycles. The van der Waals surface area contributed by atoms with Crippen LogP contribution in [0.5, 0.6) is 0 Å². The van der Waals surface area contributed by atoms with Gasteiger partial charge in [-0.1, -0.05) is 54.0 Å². The molecule has 31 heavy (non-hydrogen) atoms. The maximum Gasteiger partial charge on any atom is 0.162 e. The van der Waals surface area contributed by atoms with Crippen LogP contribution in [0.2, 0.25) is 0 Å². The molecule has 5 heteroatoms. The SMILES string of the molecule is Cc1cccc(-n2nc(C)c3c2NC2=C(C(=O)CC(C)(C)C2)[C@H]3c2cccc(Br)c2)c1. The van der Waals surface area contributed by atoms with Crippen LogP contribution in [0.4, 0.5) is 5.82 Å². The van der Waals surface area contributed by atoms with Crippen LogP contribution in [0.1, 0.15) is 55.0 Å². The van der Waals surface area contributed by atoms with Crippen LogP contribution in [0, 0.1) is 19.3 Å². The zero-order chi connectivity index (χ0) is 21.9. The summed E-state index contributed by atoms with van der Waals surface area (Å²) < 4.78 is 3.01. The maximum absolute atomic E-state index is 13.4. The lowest BCUT2D eigenvalue weighted by molar-refractivity contribution is -0.118. The molecule has 1 aliphatic carbocycles. The van der Waals surface area contributed by atoms with Crippen LogP contribution < -0.4 is 5.32 Å². The fourth-order valence-electron chi connectivity index (χ4n) is 5.04. The number of halogens is 1. The highest BCUT2D eigenvalue weighted by atomic mass is 79.9. The van der Waals surface area contributed by atoms with Gasteiger partial charge in [-0.15, -0.1) is 0 Å². The first-order valence-corrected chi connectivity index (χ1v) is 11.5. The second-order valence-corrected chi connectivity index (χ2v) is 10.5. The Morgan fingerprint density at radius 3 is 2.61 bits per heavy atom. The predicted octanol–water partition coefficient (Wildman–Crippen LogP) is 6.45. The molecular weight excluding hydrogens is 450 g/mol. The highest BCUT2D eigenvalue weighted by Crippen LogP contribution is 2.50. The normalized spacial score (nSPS) is 19.6. The van der Waals surface area contributed by atoms with E-state index < -0.39 is 0 Å². The second kappa shape index (κ2) is 7.20. The van der Waals surface area contributed by atoms with E-state index in [0.717, 1.165) is 50.5 Å². The number of aryl methyl sites for hydroxylation is 2. The molecule has 0 amide bonds. The van der Waals surface area contributed by atoms with Crippen LogP contribution >= 0.6 is 15.9 Å². The number of Topliss-reactive ketones (excluding diaryl/α,β-unsaturated/α-hetero) is 1. The van der Waals surface area contributed by atoms with E-state index in [2.05, 4.69) is 78.4 Å². The van der Waals surface area contributed by atoms with Gasteiger partial charge in [0, 0.05) is 33.6 Å². The zero-order valence-corrected chi connectivity index (χ0v) is 19.9. The van der Waals surface area contributed by atoms with E-state index in [1.807, 2.05) is 23.7 Å². The number of hydrogen-bond acceptors (Lipinski definition) is 3. The van der Waals surface area contributed by atoms with Gasteiger partial charge in [0.25, 0.3) is 0 Å². The van der Waals surface area contributed by atoms with Crippen LogP contribution in [-0.2, 0) is 4.79 Å². The molecule has 0 saturated carbocycles. The number of aromatic nitrogens is 2. The van der Waals surface area contributed by atoms with Crippen molar-refractivity contribution >= 4 is 27.5 Å². The van der Waals surface area contributed by atoms with Crippen molar-refractivity contribution in [2.75, 3.05) is 5.32 Å². The highest BCUT2D eigenvalue weighted by Gasteiger charge is 2.43. The Kier molecular flexibility index (Phi) is 4.70. The van der Waals surface area contributed by atoms with Gasteiger partial charge in [0.2, 0.25) is 0 Å². The maximum atomic E-state index is 13.4. The monoisotopic (exact) mass is 475 g/mol. The summed E-state index contributed by atoms with van der Waals surface area (Å²) in [6, 6.07) is 16.7. The lowest BCUT2D eigenvalue weighted by Gasteiger charge is -2.38. The molecular formula is C26H26BrN3O. The minimum atomic E-state index is -0.120. The number of fused-ring (bicyclic) bond motifs is 1. The first-order chi connectivity index (χ1) is 14.7. The van der Waals surface area contributed by atoms with E-state index in [4.69, 9.17) is 5.10 Å². The molecule has 1 atom stereocenters. The molecule has 2 aromatic carbocycles. The minimum Gasteiger partial charge on any atom is -0.343 e. The van der Waals surface area contributed by atoms with Crippen molar-refractivity contribution in [3.05, 3.63) is 86.7 Å². The fourth-order valence-corrected chi connectivity index (χ4v) is 5.46. The van der Waals surface area contributed by atoms with Crippen LogP contribution in [0.3, 0.4) is 0 Å². The number of benzene rings is 2. The lowest BCUT2D eigenvalue weighted by atomic mass is 9.69. The molecule has 0 fully saturated rings. The molecule has 1 aromatic heterocycles. The molecule has 4 nitrogen and oxygen atoms in total. The van der Waals surface area contributed by atoms with Gasteiger partial charge >= 0.3 is 0 Å². The van der Waals surface area contributed by atoms with Crippen LogP contribution in [0.25, 0.3) is 5.69 Å². The van der Waals surface area contributed by atoms with Crippen LogP contribution in [-0.4, -0.2) is 15.6 Å². The first kappa shape index (κ1) is 20.3. The number of hydrogen-bond donors (Lipinski definition) is 1. The number of anilines is 1. The molecule has 0 radical (unpaired) electrons. The summed E-state index contributed by atoms with van der Waals surface area (Å²) in [5.74, 6) is 1.08. The third kappa shape index (κ3) is 3.45. The number of nitrogens with one attached hydrogen (secondary N) is 1. The Hall–Kier alpha value is -2.66. The fraction of sp³-hybridized carbons (Fsp3) is 0.308. The lowest BCUT2D eigenvalue weighted by Crippen LogP contribution is -2.34. The number of nitrogens with zero attached hydrogens (tertiary/aromatic N) is 2. The van der Waals surface area contributed by atoms with Gasteiger partial charge in [-0.3, -0.25) is 4.79 Å². The third-order valence-corrected chi connectivity index (χ3v) is 6.79. The number of allylic oxidation sites excluding steroid dienone is 2. The van der Waals surface area contributed by atoms with Gasteiger partial charge < -0.3 is 5.32 Å². The quantitative estimate of drug-likeness (QED) is 0.462. The van der Waals surface area contributed by atoms with Crippen molar-refractivity contribution in [1.82, 2.24) is 9.78 Å². The zero-order valence-electron chi connectivity index (χ0n) is 18.3. The molecule has 1 N–H and O–H groups in total. The van der Waals surface area contributed by atoms with Crippen molar-refractivity contribution in [2.45, 2.75) is 46.5 Å². The minimum absolute atomic E-state index is 0.0640. The van der Waals surface area contributed by atoms with Crippen molar-refractivity contribution in [3.63, 3.8) is 0 Å². The van der Waals surface area contributed by atoms with Gasteiger partial charge in [-0.25, -0.2) is 4.68 Å². The van der Waals surface area contributed by atoms with E-state index in [1.54, 1.807) is 0 Å². The summed E-state index contributed by atoms with van der Waals surface area (Å²) >= 11 is 3.62. The first-order valence-electron chi connectivity index (χ1n) is 10.7. The van der Waals surface area contributed by atoms with Crippen molar-refractivity contribution < 1.29 is 4.79 Å². The Morgan fingerprint density at radius 2 is 1.87 bits per heavy atom. The number of carbonyl (C=O) groups excluding carboxylic acids is 1. The largest absolute Gasteiger partial charge is 0.343 e. The summed E-state index contributed by atoms with van der Waals surface area (Å²) in [7, 11) is 0. The molecule has 3 aromatic rings. The number of ketones is 1. The number of carbonyl (C=O) groups is 1. The van der Waals surface area contributed by atoms with Gasteiger partial charge in [-0.2, -0.15) is 5.10 Å². The van der Waals surface area contributed by atoms with E-state index in [9.17, 15) is 4.79 Å². The Morgan fingerprint density at radius 1 is 1.10 bits per heavy atom. The standard InChI is InChI=1S/C26H26BrN3O/c1-15-7-5-10-19(11-15)30-25-22(16(2)29-30)23(17-8-6-9-18(27)12-17)24-20(28-25)13-26(3,4)14-21(24)31/h5-12,23,28H,13-14H2,1-4H3/t23-/m0/s1. The smallest absolute Gasteiger partial charge is 0.162 e. The Balaban J connectivity index is 1.77. The second-order valence-electron chi connectivity index (χ2n) is 9.54. The molecule has 5 rings (SSSR count). The van der Waals surface area contributed by atoms with Gasteiger partial charge in [-0.05, 0) is 61.1 Å². The van der Waals surface area contributed by atoms with E-state index >= 15 is 0 Å². The van der Waals surface area contributed by atoms with Crippen molar-refractivity contribution in [1.29, 1.82) is 0 Å². The number of rotatable bonds is 2. The molecule has 0 unspecified atom stereocenters. The summed E-state index contributed by atoms with van der Waals surface area (Å²) in [6.45, 7) is 8.47. The summed E-state index contributed by atoms with van der Waals surface area (Å²) in [5, 5.41) is 8.58. The highest BCUT2D eigenvalue weighted by molar-refractivity contribution is 9.10. The Labute approximate surface area is 191 Å². The molecule has 2 aliphatic rings. The van der Waals surface area contributed by atoms with E-state index in [0.29, 0.717) is 6.42 Å². The molecule has 2 heterocycles. The topological polar surface area (TPSA) is 46.9 Å². The van der Waals surface area contributed by atoms with Gasteiger partial charge in [0.05, 0.1) is 11.4 Å². The van der Waals surface area contributed by atoms with Crippen LogP contribution in [0.15, 0.2) is 64.3 Å². The van der Waals surface area contributed by atoms with Crippen molar-refractivity contribution in [2.24, 2.45) is 5.41 Å². The van der Waals surface area contributed by atoms with Gasteiger partial charge in [0.1, 0.15) is 5.82 Å². The average Bonchev–Trinajstić information content (AvgIpc) is 3.02. The molecule has 0 bridgehead atoms. The van der Waals surface area contributed by atoms with Gasteiger partial charge in [0.15, 0.2) is 5.78 Å². The molecule has 0 spiro atoms. The summed E-state index contributed by atoms with van der Waals surface area (Å²) in [5.41, 5.74) is 7.23. The molecule has 1 aliphatic heterocycles. The molecule has 158 valence electrons. The Bertz CT molecular complexity index is 1250. The average molecular weight is 476 g/mol. The van der Waals surface area contributed by atoms with E-state index in [-0.39, 0.29) is 17.1 Å². The predicted molar refractivity (Wildman–Crippen MR) is 128 cm³/mol. The summed E-state index contributed by atoms with van der Waals surface area (Å²) in [6.07, 6.45) is 1.41. The third-order valence-electron chi connectivity index (χ3n) is 6.30.